The lowest BCUT2D eigenvalue weighted by molar-refractivity contribution is -0.151. The summed E-state index contributed by atoms with van der Waals surface area (Å²) in [7, 11) is 0. The second-order valence-corrected chi connectivity index (χ2v) is 14.1. The largest absolute Gasteiger partial charge is 0.478 e. The van der Waals surface area contributed by atoms with Crippen molar-refractivity contribution in [1.82, 2.24) is 0 Å². The van der Waals surface area contributed by atoms with E-state index in [1.807, 2.05) is 0 Å². The van der Waals surface area contributed by atoms with E-state index in [9.17, 15) is 24.6 Å². The minimum absolute atomic E-state index is 0.0426. The van der Waals surface area contributed by atoms with Crippen LogP contribution in [0, 0.1) is 39.4 Å². The first-order valence-electron chi connectivity index (χ1n) is 14.5. The first-order chi connectivity index (χ1) is 17.5. The molecule has 0 saturated heterocycles. The summed E-state index contributed by atoms with van der Waals surface area (Å²) in [6, 6.07) is 0. The summed E-state index contributed by atoms with van der Waals surface area (Å²) in [4.78, 5) is 36.3. The summed E-state index contributed by atoms with van der Waals surface area (Å²) in [5.41, 5.74) is 2.14. The second-order valence-electron chi connectivity index (χ2n) is 14.1. The van der Waals surface area contributed by atoms with Crippen molar-refractivity contribution in [1.29, 1.82) is 0 Å². The molecule has 6 heteroatoms. The van der Waals surface area contributed by atoms with Gasteiger partial charge in [0.15, 0.2) is 0 Å². The number of esters is 1. The summed E-state index contributed by atoms with van der Waals surface area (Å²) in [6.07, 6.45) is 7.07. The lowest BCUT2D eigenvalue weighted by atomic mass is 9.43. The Labute approximate surface area is 228 Å². The van der Waals surface area contributed by atoms with Gasteiger partial charge in [-0.3, -0.25) is 9.59 Å². The molecule has 38 heavy (non-hydrogen) atoms. The third kappa shape index (κ3) is 4.20. The SMILES string of the molecule is CC(=O)OC(CC=C(C)C(=O)O)C(C)C1CCC2(C)C3=C(CCC12C)C1(C)CCC(=O)C(C)(C)C1CC3O. The molecule has 212 valence electrons. The molecule has 0 aromatic heterocycles. The van der Waals surface area contributed by atoms with E-state index in [1.54, 1.807) is 13.0 Å². The van der Waals surface area contributed by atoms with Crippen LogP contribution in [-0.2, 0) is 19.1 Å². The fourth-order valence-electron chi connectivity index (χ4n) is 9.56. The average Bonchev–Trinajstić information content (AvgIpc) is 3.11. The van der Waals surface area contributed by atoms with Gasteiger partial charge >= 0.3 is 11.9 Å². The summed E-state index contributed by atoms with van der Waals surface area (Å²) >= 11 is 0. The molecule has 0 amide bonds. The maximum absolute atomic E-state index is 12.9. The van der Waals surface area contributed by atoms with Crippen molar-refractivity contribution in [2.45, 2.75) is 119 Å². The Balaban J connectivity index is 1.71. The van der Waals surface area contributed by atoms with Crippen molar-refractivity contribution < 1.29 is 29.3 Å². The van der Waals surface area contributed by atoms with Gasteiger partial charge < -0.3 is 14.9 Å². The van der Waals surface area contributed by atoms with Gasteiger partial charge in [-0.1, -0.05) is 53.2 Å². The van der Waals surface area contributed by atoms with Crippen molar-refractivity contribution >= 4 is 17.7 Å². The quantitative estimate of drug-likeness (QED) is 0.240. The predicted octanol–water partition coefficient (Wildman–Crippen LogP) is 6.26. The molecule has 8 atom stereocenters. The van der Waals surface area contributed by atoms with Crippen LogP contribution in [0.3, 0.4) is 0 Å². The van der Waals surface area contributed by atoms with Gasteiger partial charge in [-0.2, -0.15) is 0 Å². The van der Waals surface area contributed by atoms with E-state index in [0.29, 0.717) is 25.0 Å². The Kier molecular flexibility index (Phi) is 7.34. The van der Waals surface area contributed by atoms with Crippen LogP contribution in [0.4, 0.5) is 0 Å². The van der Waals surface area contributed by atoms with Gasteiger partial charge in [-0.15, -0.1) is 0 Å². The summed E-state index contributed by atoms with van der Waals surface area (Å²) < 4.78 is 5.79. The van der Waals surface area contributed by atoms with E-state index in [1.165, 1.54) is 18.1 Å². The van der Waals surface area contributed by atoms with Gasteiger partial charge in [0.1, 0.15) is 11.9 Å². The zero-order valence-electron chi connectivity index (χ0n) is 24.6. The zero-order chi connectivity index (χ0) is 28.4. The van der Waals surface area contributed by atoms with Crippen LogP contribution in [0.15, 0.2) is 22.8 Å². The number of Topliss-reactive ketones (excluding diaryl/α,β-unsaturated/α-hetero) is 1. The number of ketones is 1. The zero-order valence-corrected chi connectivity index (χ0v) is 24.6. The van der Waals surface area contributed by atoms with Crippen LogP contribution in [0.5, 0.6) is 0 Å². The molecular formula is C32H48O6. The number of aliphatic carboxylic acids is 1. The van der Waals surface area contributed by atoms with Crippen LogP contribution >= 0.6 is 0 Å². The first kappa shape index (κ1) is 29.0. The first-order valence-corrected chi connectivity index (χ1v) is 14.5. The minimum Gasteiger partial charge on any atom is -0.478 e. The van der Waals surface area contributed by atoms with Gasteiger partial charge in [0.2, 0.25) is 0 Å². The highest BCUT2D eigenvalue weighted by atomic mass is 16.5. The number of hydrogen-bond acceptors (Lipinski definition) is 5. The number of fused-ring (bicyclic) bond motifs is 4. The topological polar surface area (TPSA) is 101 Å². The number of carboxylic acids is 1. The molecule has 4 aliphatic rings. The second kappa shape index (κ2) is 9.60. The number of carbonyl (C=O) groups excluding carboxylic acids is 2. The highest BCUT2D eigenvalue weighted by Gasteiger charge is 2.65. The molecule has 0 aromatic rings. The van der Waals surface area contributed by atoms with Crippen LogP contribution in [0.2, 0.25) is 0 Å². The minimum atomic E-state index is -0.961. The maximum Gasteiger partial charge on any atom is 0.330 e. The van der Waals surface area contributed by atoms with Gasteiger partial charge in [0, 0.05) is 30.8 Å². The van der Waals surface area contributed by atoms with Crippen molar-refractivity contribution in [3.8, 4) is 0 Å². The monoisotopic (exact) mass is 528 g/mol. The number of rotatable bonds is 6. The molecule has 0 aromatic carbocycles. The lowest BCUT2D eigenvalue weighted by Gasteiger charge is -2.62. The van der Waals surface area contributed by atoms with Crippen LogP contribution in [0.25, 0.3) is 0 Å². The normalized spacial score (nSPS) is 40.1. The molecule has 6 nitrogen and oxygen atoms in total. The van der Waals surface area contributed by atoms with Crippen LogP contribution < -0.4 is 0 Å². The Morgan fingerprint density at radius 1 is 1.08 bits per heavy atom. The van der Waals surface area contributed by atoms with E-state index >= 15 is 0 Å². The van der Waals surface area contributed by atoms with Gasteiger partial charge in [0.05, 0.1) is 6.10 Å². The van der Waals surface area contributed by atoms with Crippen LogP contribution in [-0.4, -0.2) is 40.1 Å². The molecule has 0 bridgehead atoms. The van der Waals surface area contributed by atoms with Gasteiger partial charge in [-0.05, 0) is 85.0 Å². The molecule has 2 saturated carbocycles. The number of allylic oxidation sites excluding steroid dienone is 1. The van der Waals surface area contributed by atoms with E-state index < -0.39 is 23.6 Å². The van der Waals surface area contributed by atoms with Crippen molar-refractivity contribution in [3.63, 3.8) is 0 Å². The third-order valence-electron chi connectivity index (χ3n) is 12.1. The Morgan fingerprint density at radius 2 is 1.74 bits per heavy atom. The van der Waals surface area contributed by atoms with Crippen molar-refractivity contribution in [2.75, 3.05) is 0 Å². The number of hydrogen-bond donors (Lipinski definition) is 2. The van der Waals surface area contributed by atoms with E-state index in [4.69, 9.17) is 4.74 Å². The summed E-state index contributed by atoms with van der Waals surface area (Å²) in [5, 5.41) is 21.1. The average molecular weight is 529 g/mol. The van der Waals surface area contributed by atoms with Gasteiger partial charge in [-0.25, -0.2) is 4.79 Å². The molecule has 0 radical (unpaired) electrons. The summed E-state index contributed by atoms with van der Waals surface area (Å²) in [5.74, 6) is -0.531. The Morgan fingerprint density at radius 3 is 2.34 bits per heavy atom. The number of aliphatic hydroxyl groups is 1. The van der Waals surface area contributed by atoms with Crippen molar-refractivity contribution in [2.24, 2.45) is 39.4 Å². The number of carboxylic acid groups (broad SMARTS) is 1. The third-order valence-corrected chi connectivity index (χ3v) is 12.1. The van der Waals surface area contributed by atoms with Crippen molar-refractivity contribution in [3.05, 3.63) is 22.8 Å². The molecule has 2 fully saturated rings. The van der Waals surface area contributed by atoms with E-state index in [-0.39, 0.29) is 45.5 Å². The predicted molar refractivity (Wildman–Crippen MR) is 146 cm³/mol. The fraction of sp³-hybridized carbons (Fsp3) is 0.781. The Bertz CT molecular complexity index is 1080. The highest BCUT2D eigenvalue weighted by molar-refractivity contribution is 5.86. The number of ether oxygens (including phenoxy) is 1. The number of carbonyl (C=O) groups is 3. The molecule has 0 aliphatic heterocycles. The molecule has 0 spiro atoms. The molecule has 8 unspecified atom stereocenters. The number of aliphatic hydroxyl groups excluding tert-OH is 1. The van der Waals surface area contributed by atoms with Gasteiger partial charge in [0.25, 0.3) is 0 Å². The molecule has 4 aliphatic carbocycles. The molecule has 2 N–H and O–H groups in total. The standard InChI is InChI=1S/C32H48O6/c1-18(28(36)37)9-10-24(38-20(3)33)19(2)21-11-16-32(8)27-22(12-15-31(21,32)7)30(6)14-13-26(35)29(4,5)25(30)17-23(27)34/h9,19,21,23-25,34H,10-17H2,1-8H3,(H,36,37). The lowest BCUT2D eigenvalue weighted by Crippen LogP contribution is -2.57. The Hall–Kier alpha value is -1.95. The highest BCUT2D eigenvalue weighted by Crippen LogP contribution is 2.72. The van der Waals surface area contributed by atoms with E-state index in [2.05, 4.69) is 41.5 Å². The maximum atomic E-state index is 12.9. The van der Waals surface area contributed by atoms with E-state index in [0.717, 1.165) is 32.1 Å². The molecule has 0 heterocycles. The summed E-state index contributed by atoms with van der Waals surface area (Å²) in [6.45, 7) is 16.3. The smallest absolute Gasteiger partial charge is 0.330 e. The van der Waals surface area contributed by atoms with Crippen LogP contribution in [0.1, 0.15) is 107 Å². The molecule has 4 rings (SSSR count). The fourth-order valence-corrected chi connectivity index (χ4v) is 9.56. The molecular weight excluding hydrogens is 480 g/mol.